The van der Waals surface area contributed by atoms with Gasteiger partial charge in [0.2, 0.25) is 0 Å². The van der Waals surface area contributed by atoms with E-state index < -0.39 is 0 Å². The Bertz CT molecular complexity index is 316. The molecule has 2 saturated carbocycles. The van der Waals surface area contributed by atoms with E-state index in [4.69, 9.17) is 0 Å². The van der Waals surface area contributed by atoms with Gasteiger partial charge in [0.05, 0.1) is 0 Å². The maximum absolute atomic E-state index is 3.79. The molecule has 0 spiro atoms. The molecule has 3 aliphatic rings. The lowest BCUT2D eigenvalue weighted by atomic mass is 9.86. The van der Waals surface area contributed by atoms with Crippen LogP contribution >= 0.6 is 0 Å². The molecule has 0 radical (unpaired) electrons. The Balaban J connectivity index is 1.63. The monoisotopic (exact) mass is 264 g/mol. The number of nitrogens with one attached hydrogen (secondary N) is 1. The summed E-state index contributed by atoms with van der Waals surface area (Å²) in [4.78, 5) is 2.84. The predicted molar refractivity (Wildman–Crippen MR) is 81.3 cm³/mol. The van der Waals surface area contributed by atoms with Crippen LogP contribution in [0, 0.1) is 17.8 Å². The highest BCUT2D eigenvalue weighted by Gasteiger charge is 2.42. The lowest BCUT2D eigenvalue weighted by Crippen LogP contribution is -2.63. The van der Waals surface area contributed by atoms with Crippen molar-refractivity contribution < 1.29 is 0 Å². The molecule has 1 aliphatic heterocycles. The van der Waals surface area contributed by atoms with Crippen molar-refractivity contribution in [1.82, 2.24) is 10.2 Å². The predicted octanol–water partition coefficient (Wildman–Crippen LogP) is 3.28. The zero-order valence-electron chi connectivity index (χ0n) is 13.1. The average molecular weight is 264 g/mol. The van der Waals surface area contributed by atoms with E-state index in [-0.39, 0.29) is 0 Å². The molecule has 1 saturated heterocycles. The van der Waals surface area contributed by atoms with Crippen molar-refractivity contribution in [2.45, 2.75) is 70.9 Å². The van der Waals surface area contributed by atoms with Crippen LogP contribution in [0.25, 0.3) is 0 Å². The molecule has 2 nitrogen and oxygen atoms in total. The van der Waals surface area contributed by atoms with Crippen molar-refractivity contribution in [1.29, 1.82) is 0 Å². The number of fused-ring (bicyclic) bond motifs is 2. The zero-order valence-corrected chi connectivity index (χ0v) is 13.1. The van der Waals surface area contributed by atoms with E-state index in [1.807, 2.05) is 0 Å². The molecule has 2 aliphatic carbocycles. The van der Waals surface area contributed by atoms with Crippen LogP contribution in [0.15, 0.2) is 0 Å². The van der Waals surface area contributed by atoms with Gasteiger partial charge < -0.3 is 5.32 Å². The quantitative estimate of drug-likeness (QED) is 0.838. The first-order valence-electron chi connectivity index (χ1n) is 8.62. The summed E-state index contributed by atoms with van der Waals surface area (Å²) in [6.07, 6.45) is 8.70. The van der Waals surface area contributed by atoms with E-state index in [2.05, 4.69) is 31.0 Å². The van der Waals surface area contributed by atoms with Crippen LogP contribution in [0.5, 0.6) is 0 Å². The Morgan fingerprint density at radius 3 is 2.63 bits per heavy atom. The van der Waals surface area contributed by atoms with Gasteiger partial charge in [-0.25, -0.2) is 0 Å². The van der Waals surface area contributed by atoms with Crippen LogP contribution in [0.3, 0.4) is 0 Å². The van der Waals surface area contributed by atoms with Gasteiger partial charge in [-0.15, -0.1) is 0 Å². The summed E-state index contributed by atoms with van der Waals surface area (Å²) in [6, 6.07) is 0.777. The molecule has 5 atom stereocenters. The molecule has 1 heterocycles. The van der Waals surface area contributed by atoms with Gasteiger partial charge in [0.25, 0.3) is 0 Å². The Kier molecular flexibility index (Phi) is 3.92. The molecule has 0 amide bonds. The second-order valence-electron chi connectivity index (χ2n) is 7.72. The van der Waals surface area contributed by atoms with Crippen LogP contribution in [-0.4, -0.2) is 36.1 Å². The molecular weight excluding hydrogens is 232 g/mol. The minimum absolute atomic E-state index is 0.350. The zero-order chi connectivity index (χ0) is 13.5. The topological polar surface area (TPSA) is 15.3 Å². The van der Waals surface area contributed by atoms with Crippen molar-refractivity contribution in [3.05, 3.63) is 0 Å². The minimum atomic E-state index is 0.350. The third-order valence-corrected chi connectivity index (χ3v) is 6.44. The van der Waals surface area contributed by atoms with Crippen LogP contribution in [-0.2, 0) is 0 Å². The highest BCUT2D eigenvalue weighted by atomic mass is 15.3. The molecule has 0 aromatic rings. The van der Waals surface area contributed by atoms with Gasteiger partial charge in [0.1, 0.15) is 0 Å². The highest BCUT2D eigenvalue weighted by Crippen LogP contribution is 2.48. The van der Waals surface area contributed by atoms with Crippen LogP contribution in [0.4, 0.5) is 0 Å². The van der Waals surface area contributed by atoms with Crippen molar-refractivity contribution in [2.75, 3.05) is 19.6 Å². The molecule has 3 fully saturated rings. The summed E-state index contributed by atoms with van der Waals surface area (Å²) in [7, 11) is 0. The lowest BCUT2D eigenvalue weighted by molar-refractivity contribution is 0.0579. The number of piperazine rings is 1. The second-order valence-corrected chi connectivity index (χ2v) is 7.72. The fourth-order valence-electron chi connectivity index (χ4n) is 4.88. The molecule has 3 rings (SSSR count). The van der Waals surface area contributed by atoms with Crippen molar-refractivity contribution >= 4 is 0 Å². The molecule has 0 aromatic heterocycles. The number of hydrogen-bond donors (Lipinski definition) is 1. The third-order valence-electron chi connectivity index (χ3n) is 6.44. The van der Waals surface area contributed by atoms with E-state index >= 15 is 0 Å². The third kappa shape index (κ3) is 2.71. The van der Waals surface area contributed by atoms with E-state index in [1.165, 1.54) is 51.7 Å². The van der Waals surface area contributed by atoms with Crippen molar-refractivity contribution in [3.8, 4) is 0 Å². The smallest absolute Gasteiger partial charge is 0.0278 e. The Morgan fingerprint density at radius 1 is 1.21 bits per heavy atom. The standard InChI is InChI=1S/C17H32N2/c1-4-16-10-18-17(3,5-2)12-19(16)11-15-9-13-6-7-14(15)8-13/h13-16,18H,4-12H2,1-3H3. The molecule has 19 heavy (non-hydrogen) atoms. The maximum Gasteiger partial charge on any atom is 0.0278 e. The van der Waals surface area contributed by atoms with Gasteiger partial charge in [0, 0.05) is 31.2 Å². The lowest BCUT2D eigenvalue weighted by Gasteiger charge is -2.47. The molecule has 5 unspecified atom stereocenters. The first kappa shape index (κ1) is 13.9. The minimum Gasteiger partial charge on any atom is -0.309 e. The fourth-order valence-corrected chi connectivity index (χ4v) is 4.88. The largest absolute Gasteiger partial charge is 0.309 e. The molecule has 1 N–H and O–H groups in total. The van der Waals surface area contributed by atoms with Gasteiger partial charge in [0.15, 0.2) is 0 Å². The first-order chi connectivity index (χ1) is 9.13. The molecule has 2 bridgehead atoms. The van der Waals surface area contributed by atoms with Gasteiger partial charge in [-0.3, -0.25) is 4.90 Å². The number of rotatable bonds is 4. The van der Waals surface area contributed by atoms with Gasteiger partial charge >= 0.3 is 0 Å². The van der Waals surface area contributed by atoms with Crippen LogP contribution in [0.2, 0.25) is 0 Å². The Labute approximate surface area is 119 Å². The Hall–Kier alpha value is -0.0800. The molecule has 2 heteroatoms. The van der Waals surface area contributed by atoms with E-state index in [9.17, 15) is 0 Å². The summed E-state index contributed by atoms with van der Waals surface area (Å²) in [5, 5.41) is 3.79. The summed E-state index contributed by atoms with van der Waals surface area (Å²) in [5.41, 5.74) is 0.350. The normalized spacial score (nSPS) is 46.9. The van der Waals surface area contributed by atoms with E-state index in [0.29, 0.717) is 5.54 Å². The number of nitrogens with zero attached hydrogens (tertiary/aromatic N) is 1. The van der Waals surface area contributed by atoms with Crippen LogP contribution in [0.1, 0.15) is 59.3 Å². The second kappa shape index (κ2) is 5.37. The van der Waals surface area contributed by atoms with Gasteiger partial charge in [-0.1, -0.05) is 20.3 Å². The van der Waals surface area contributed by atoms with Gasteiger partial charge in [-0.05, 0) is 56.8 Å². The summed E-state index contributed by atoms with van der Waals surface area (Å²) in [6.45, 7) is 10.9. The van der Waals surface area contributed by atoms with E-state index in [0.717, 1.165) is 23.8 Å². The first-order valence-corrected chi connectivity index (χ1v) is 8.62. The van der Waals surface area contributed by atoms with Crippen LogP contribution < -0.4 is 5.32 Å². The van der Waals surface area contributed by atoms with Crippen molar-refractivity contribution in [3.63, 3.8) is 0 Å². The SMILES string of the molecule is CCC1CNC(C)(CC)CN1CC1CC2CCC1C2. The fraction of sp³-hybridized carbons (Fsp3) is 1.00. The molecule has 110 valence electrons. The Morgan fingerprint density at radius 2 is 2.05 bits per heavy atom. The highest BCUT2D eigenvalue weighted by molar-refractivity contribution is 4.97. The molecular formula is C17H32N2. The average Bonchev–Trinajstić information content (AvgIpc) is 3.01. The summed E-state index contributed by atoms with van der Waals surface area (Å²) < 4.78 is 0. The summed E-state index contributed by atoms with van der Waals surface area (Å²) >= 11 is 0. The van der Waals surface area contributed by atoms with E-state index in [1.54, 1.807) is 6.42 Å². The van der Waals surface area contributed by atoms with Crippen molar-refractivity contribution in [2.24, 2.45) is 17.8 Å². The summed E-state index contributed by atoms with van der Waals surface area (Å²) in [5.74, 6) is 3.19. The van der Waals surface area contributed by atoms with Gasteiger partial charge in [-0.2, -0.15) is 0 Å². The maximum atomic E-state index is 3.79. The molecule has 0 aromatic carbocycles. The number of hydrogen-bond acceptors (Lipinski definition) is 2.